The second-order valence-corrected chi connectivity index (χ2v) is 5.91. The molecule has 0 amide bonds. The van der Waals surface area contributed by atoms with Gasteiger partial charge in [-0.05, 0) is 13.0 Å². The average Bonchev–Trinajstić information content (AvgIpc) is 2.29. The normalized spacial score (nSPS) is 22.1. The third kappa shape index (κ3) is 3.73. The van der Waals surface area contributed by atoms with Crippen molar-refractivity contribution in [3.05, 3.63) is 0 Å². The molecule has 0 bridgehead atoms. The molecule has 0 unspecified atom stereocenters. The number of nitrogens with zero attached hydrogens (tertiary/aromatic N) is 2. The van der Waals surface area contributed by atoms with Crippen molar-refractivity contribution in [2.45, 2.75) is 6.42 Å². The van der Waals surface area contributed by atoms with Crippen LogP contribution in [0.5, 0.6) is 0 Å². The number of rotatable bonds is 3. The number of sulfonamides is 1. The summed E-state index contributed by atoms with van der Waals surface area (Å²) in [5.74, 6) is 0.610. The second-order valence-electron chi connectivity index (χ2n) is 3.55. The number of halogens is 1. The Balaban J connectivity index is 2.49. The Bertz CT molecular complexity index is 269. The first kappa shape index (κ1) is 12.2. The topological polar surface area (TPSA) is 40.6 Å². The van der Waals surface area contributed by atoms with Gasteiger partial charge in [-0.15, -0.1) is 11.6 Å². The highest BCUT2D eigenvalue weighted by Gasteiger charge is 2.20. The van der Waals surface area contributed by atoms with E-state index in [-0.39, 0.29) is 0 Å². The zero-order chi connectivity index (χ0) is 10.6. The summed E-state index contributed by atoms with van der Waals surface area (Å²) in [6, 6.07) is 0. The molecule has 0 saturated carbocycles. The van der Waals surface area contributed by atoms with Crippen molar-refractivity contribution < 1.29 is 8.42 Å². The summed E-state index contributed by atoms with van der Waals surface area (Å²) in [6.07, 6.45) is 2.16. The van der Waals surface area contributed by atoms with Crippen molar-refractivity contribution in [1.82, 2.24) is 9.21 Å². The Hall–Kier alpha value is 0.160. The van der Waals surface area contributed by atoms with Gasteiger partial charge in [-0.1, -0.05) is 0 Å². The van der Waals surface area contributed by atoms with E-state index in [9.17, 15) is 8.42 Å². The van der Waals surface area contributed by atoms with E-state index in [2.05, 4.69) is 4.90 Å². The van der Waals surface area contributed by atoms with Crippen molar-refractivity contribution in [1.29, 1.82) is 0 Å². The molecule has 14 heavy (non-hydrogen) atoms. The van der Waals surface area contributed by atoms with Crippen LogP contribution in [0.4, 0.5) is 0 Å². The molecule has 1 saturated heterocycles. The number of hydrogen-bond donors (Lipinski definition) is 0. The summed E-state index contributed by atoms with van der Waals surface area (Å²) >= 11 is 5.64. The Morgan fingerprint density at radius 3 is 2.50 bits per heavy atom. The van der Waals surface area contributed by atoms with Gasteiger partial charge in [0.05, 0.1) is 6.26 Å². The van der Waals surface area contributed by atoms with Crippen LogP contribution in [0.2, 0.25) is 0 Å². The molecule has 4 nitrogen and oxygen atoms in total. The van der Waals surface area contributed by atoms with Crippen LogP contribution in [0.25, 0.3) is 0 Å². The minimum absolute atomic E-state index is 0.593. The van der Waals surface area contributed by atoms with E-state index in [1.54, 1.807) is 4.31 Å². The molecule has 1 aliphatic rings. The van der Waals surface area contributed by atoms with Crippen LogP contribution >= 0.6 is 11.6 Å². The molecule has 0 spiro atoms. The standard InChI is InChI=1S/C8H17ClN2O2S/c1-14(12,13)11-5-2-4-10(6-3-9)7-8-11/h2-8H2,1H3. The number of alkyl halides is 1. The molecule has 0 N–H and O–H groups in total. The molecule has 1 aliphatic heterocycles. The van der Waals surface area contributed by atoms with Crippen molar-refractivity contribution in [2.75, 3.05) is 44.9 Å². The van der Waals surface area contributed by atoms with Crippen molar-refractivity contribution in [3.63, 3.8) is 0 Å². The van der Waals surface area contributed by atoms with Crippen LogP contribution in [0.15, 0.2) is 0 Å². The third-order valence-corrected chi connectivity index (χ3v) is 3.89. The Morgan fingerprint density at radius 2 is 1.93 bits per heavy atom. The van der Waals surface area contributed by atoms with E-state index in [0.717, 1.165) is 26.1 Å². The maximum atomic E-state index is 11.3. The van der Waals surface area contributed by atoms with Gasteiger partial charge in [-0.25, -0.2) is 12.7 Å². The lowest BCUT2D eigenvalue weighted by molar-refractivity contribution is 0.303. The highest BCUT2D eigenvalue weighted by Crippen LogP contribution is 2.06. The predicted octanol–water partition coefficient (Wildman–Crippen LogP) is 0.193. The Labute approximate surface area is 90.9 Å². The third-order valence-electron chi connectivity index (χ3n) is 2.42. The molecule has 84 valence electrons. The molecule has 1 heterocycles. The summed E-state index contributed by atoms with van der Waals surface area (Å²) in [5, 5.41) is 0. The summed E-state index contributed by atoms with van der Waals surface area (Å²) in [5.41, 5.74) is 0. The zero-order valence-corrected chi connectivity index (χ0v) is 10.0. The Morgan fingerprint density at radius 1 is 1.21 bits per heavy atom. The van der Waals surface area contributed by atoms with E-state index >= 15 is 0 Å². The summed E-state index contributed by atoms with van der Waals surface area (Å²) in [4.78, 5) is 2.21. The first-order valence-electron chi connectivity index (χ1n) is 4.77. The van der Waals surface area contributed by atoms with Gasteiger partial charge in [0.2, 0.25) is 10.0 Å². The maximum absolute atomic E-state index is 11.3. The molecule has 0 atom stereocenters. The molecular weight excluding hydrogens is 224 g/mol. The molecule has 0 aromatic carbocycles. The highest BCUT2D eigenvalue weighted by molar-refractivity contribution is 7.88. The van der Waals surface area contributed by atoms with Gasteiger partial charge in [0, 0.05) is 32.1 Å². The largest absolute Gasteiger partial charge is 0.301 e. The Kier molecular flexibility index (Phi) is 4.63. The first-order chi connectivity index (χ1) is 6.54. The van der Waals surface area contributed by atoms with E-state index < -0.39 is 10.0 Å². The molecule has 0 aliphatic carbocycles. The quantitative estimate of drug-likeness (QED) is 0.662. The van der Waals surface area contributed by atoms with Gasteiger partial charge in [0.15, 0.2) is 0 Å². The fourth-order valence-electron chi connectivity index (χ4n) is 1.62. The van der Waals surface area contributed by atoms with Crippen LogP contribution in [-0.2, 0) is 10.0 Å². The van der Waals surface area contributed by atoms with E-state index in [0.29, 0.717) is 19.0 Å². The molecule has 0 radical (unpaired) electrons. The smallest absolute Gasteiger partial charge is 0.211 e. The lowest BCUT2D eigenvalue weighted by Gasteiger charge is -2.19. The monoisotopic (exact) mass is 240 g/mol. The van der Waals surface area contributed by atoms with Gasteiger partial charge in [0.1, 0.15) is 0 Å². The van der Waals surface area contributed by atoms with Gasteiger partial charge in [-0.3, -0.25) is 0 Å². The maximum Gasteiger partial charge on any atom is 0.211 e. The summed E-state index contributed by atoms with van der Waals surface area (Å²) in [7, 11) is -3.01. The zero-order valence-electron chi connectivity index (χ0n) is 8.45. The highest BCUT2D eigenvalue weighted by atomic mass is 35.5. The van der Waals surface area contributed by atoms with E-state index in [1.807, 2.05) is 0 Å². The van der Waals surface area contributed by atoms with E-state index in [4.69, 9.17) is 11.6 Å². The van der Waals surface area contributed by atoms with Crippen molar-refractivity contribution >= 4 is 21.6 Å². The lowest BCUT2D eigenvalue weighted by atomic mass is 10.4. The fourth-order valence-corrected chi connectivity index (χ4v) is 2.74. The summed E-state index contributed by atoms with van der Waals surface area (Å²) < 4.78 is 24.1. The van der Waals surface area contributed by atoms with Gasteiger partial charge in [-0.2, -0.15) is 0 Å². The van der Waals surface area contributed by atoms with Crippen molar-refractivity contribution in [2.24, 2.45) is 0 Å². The van der Waals surface area contributed by atoms with Crippen LogP contribution in [-0.4, -0.2) is 62.5 Å². The molecular formula is C8H17ClN2O2S. The average molecular weight is 241 g/mol. The van der Waals surface area contributed by atoms with Crippen LogP contribution in [0.1, 0.15) is 6.42 Å². The molecule has 1 rings (SSSR count). The molecule has 6 heteroatoms. The van der Waals surface area contributed by atoms with Crippen LogP contribution < -0.4 is 0 Å². The minimum Gasteiger partial charge on any atom is -0.301 e. The molecule has 1 fully saturated rings. The predicted molar refractivity (Wildman–Crippen MR) is 58.2 cm³/mol. The summed E-state index contributed by atoms with van der Waals surface area (Å²) in [6.45, 7) is 3.81. The molecule has 0 aromatic rings. The van der Waals surface area contributed by atoms with Gasteiger partial charge < -0.3 is 4.90 Å². The van der Waals surface area contributed by atoms with Crippen LogP contribution in [0.3, 0.4) is 0 Å². The van der Waals surface area contributed by atoms with Gasteiger partial charge >= 0.3 is 0 Å². The number of hydrogen-bond acceptors (Lipinski definition) is 3. The minimum atomic E-state index is -3.01. The van der Waals surface area contributed by atoms with E-state index in [1.165, 1.54) is 6.26 Å². The molecule has 0 aromatic heterocycles. The second kappa shape index (κ2) is 5.30. The SMILES string of the molecule is CS(=O)(=O)N1CCCN(CCCl)CC1. The lowest BCUT2D eigenvalue weighted by Crippen LogP contribution is -2.34. The fraction of sp³-hybridized carbons (Fsp3) is 1.00. The van der Waals surface area contributed by atoms with Crippen LogP contribution in [0, 0.1) is 0 Å². The first-order valence-corrected chi connectivity index (χ1v) is 7.16. The van der Waals surface area contributed by atoms with Crippen molar-refractivity contribution in [3.8, 4) is 0 Å². The van der Waals surface area contributed by atoms with Gasteiger partial charge in [0.25, 0.3) is 0 Å².